The molecule has 1 aromatic heterocycles. The molecule has 0 radical (unpaired) electrons. The molecule has 4 nitrogen and oxygen atoms in total. The minimum Gasteiger partial charge on any atom is -0.454 e. The first-order valence-electron chi connectivity index (χ1n) is 7.32. The molecule has 1 N–H and O–H groups in total. The van der Waals surface area contributed by atoms with E-state index in [0.717, 1.165) is 40.9 Å². The molecule has 0 unspecified atom stereocenters. The van der Waals surface area contributed by atoms with E-state index in [1.165, 1.54) is 12.8 Å². The number of rotatable bonds is 3. The zero-order chi connectivity index (χ0) is 14.3. The number of hydrogen-bond donors (Lipinski definition) is 1. The van der Waals surface area contributed by atoms with E-state index >= 15 is 0 Å². The van der Waals surface area contributed by atoms with Crippen LogP contribution in [0.25, 0.3) is 10.8 Å². The molecule has 0 saturated heterocycles. The van der Waals surface area contributed by atoms with Gasteiger partial charge in [-0.3, -0.25) is 0 Å². The molecule has 2 aromatic rings. The van der Waals surface area contributed by atoms with Crippen molar-refractivity contribution in [1.29, 1.82) is 0 Å². The number of halogens is 1. The maximum atomic E-state index is 6.22. The first-order chi connectivity index (χ1) is 10.3. The van der Waals surface area contributed by atoms with Crippen molar-refractivity contribution < 1.29 is 9.47 Å². The summed E-state index contributed by atoms with van der Waals surface area (Å²) in [6, 6.07) is 6.00. The Morgan fingerprint density at radius 2 is 1.95 bits per heavy atom. The number of anilines is 1. The zero-order valence-electron chi connectivity index (χ0n) is 11.7. The summed E-state index contributed by atoms with van der Waals surface area (Å²) < 4.78 is 10.9. The lowest BCUT2D eigenvalue weighted by Crippen LogP contribution is -2.37. The van der Waals surface area contributed by atoms with Crippen molar-refractivity contribution >= 4 is 28.2 Å². The molecule has 110 valence electrons. The van der Waals surface area contributed by atoms with Gasteiger partial charge in [-0.15, -0.1) is 11.6 Å². The molecule has 0 spiro atoms. The van der Waals surface area contributed by atoms with E-state index in [-0.39, 0.29) is 12.3 Å². The highest BCUT2D eigenvalue weighted by Crippen LogP contribution is 2.40. The van der Waals surface area contributed by atoms with Crippen LogP contribution in [0.15, 0.2) is 24.4 Å². The van der Waals surface area contributed by atoms with Crippen LogP contribution in [-0.4, -0.2) is 23.2 Å². The Bertz CT molecular complexity index is 683. The van der Waals surface area contributed by atoms with Gasteiger partial charge in [0.15, 0.2) is 11.5 Å². The maximum Gasteiger partial charge on any atom is 0.231 e. The molecule has 2 heterocycles. The smallest absolute Gasteiger partial charge is 0.231 e. The van der Waals surface area contributed by atoms with E-state index in [2.05, 4.69) is 10.3 Å². The monoisotopic (exact) mass is 304 g/mol. The SMILES string of the molecule is ClCC1(Nc2nccc3cc4c(cc23)OCO4)CCCC1. The van der Waals surface area contributed by atoms with Crippen LogP contribution in [0.4, 0.5) is 5.82 Å². The van der Waals surface area contributed by atoms with Crippen molar-refractivity contribution in [3.8, 4) is 11.5 Å². The zero-order valence-corrected chi connectivity index (χ0v) is 12.4. The van der Waals surface area contributed by atoms with Gasteiger partial charge in [-0.05, 0) is 36.4 Å². The van der Waals surface area contributed by atoms with E-state index in [4.69, 9.17) is 21.1 Å². The average Bonchev–Trinajstić information content (AvgIpc) is 3.14. The second-order valence-electron chi connectivity index (χ2n) is 5.83. The van der Waals surface area contributed by atoms with Gasteiger partial charge in [0, 0.05) is 17.5 Å². The maximum absolute atomic E-state index is 6.22. The van der Waals surface area contributed by atoms with Gasteiger partial charge in [-0.25, -0.2) is 4.98 Å². The highest BCUT2D eigenvalue weighted by Gasteiger charge is 2.33. The topological polar surface area (TPSA) is 43.4 Å². The lowest BCUT2D eigenvalue weighted by molar-refractivity contribution is 0.174. The summed E-state index contributed by atoms with van der Waals surface area (Å²) in [5.74, 6) is 3.07. The molecule has 1 fully saturated rings. The Kier molecular flexibility index (Phi) is 3.07. The number of benzene rings is 1. The third kappa shape index (κ3) is 2.18. The summed E-state index contributed by atoms with van der Waals surface area (Å²) in [7, 11) is 0. The fraction of sp³-hybridized carbons (Fsp3) is 0.438. The number of nitrogens with one attached hydrogen (secondary N) is 1. The van der Waals surface area contributed by atoms with Gasteiger partial charge >= 0.3 is 0 Å². The Labute approximate surface area is 128 Å². The number of hydrogen-bond acceptors (Lipinski definition) is 4. The van der Waals surface area contributed by atoms with Crippen molar-refractivity contribution in [2.75, 3.05) is 18.0 Å². The van der Waals surface area contributed by atoms with Crippen LogP contribution in [-0.2, 0) is 0 Å². The molecule has 1 aliphatic heterocycles. The highest BCUT2D eigenvalue weighted by molar-refractivity contribution is 6.19. The summed E-state index contributed by atoms with van der Waals surface area (Å²) in [6.07, 6.45) is 6.45. The van der Waals surface area contributed by atoms with Gasteiger partial charge in [-0.2, -0.15) is 0 Å². The number of alkyl halides is 1. The Hall–Kier alpha value is -1.68. The van der Waals surface area contributed by atoms with Crippen LogP contribution in [0.2, 0.25) is 0 Å². The predicted octanol–water partition coefficient (Wildman–Crippen LogP) is 3.93. The summed E-state index contributed by atoms with van der Waals surface area (Å²) in [5.41, 5.74) is -0.0286. The summed E-state index contributed by atoms with van der Waals surface area (Å²) in [5, 5.41) is 5.75. The van der Waals surface area contributed by atoms with Crippen LogP contribution in [0.1, 0.15) is 25.7 Å². The largest absolute Gasteiger partial charge is 0.454 e. The molecule has 0 amide bonds. The number of aromatic nitrogens is 1. The highest BCUT2D eigenvalue weighted by atomic mass is 35.5. The molecule has 5 heteroatoms. The fourth-order valence-corrected chi connectivity index (χ4v) is 3.59. The number of nitrogens with zero attached hydrogens (tertiary/aromatic N) is 1. The van der Waals surface area contributed by atoms with Crippen molar-refractivity contribution in [3.05, 3.63) is 24.4 Å². The molecular formula is C16H17ClN2O2. The summed E-state index contributed by atoms with van der Waals surface area (Å²) in [6.45, 7) is 0.285. The van der Waals surface area contributed by atoms with Gasteiger partial charge in [0.05, 0.1) is 5.54 Å². The Balaban J connectivity index is 1.78. The van der Waals surface area contributed by atoms with Gasteiger partial charge in [0.1, 0.15) is 5.82 Å². The standard InChI is InChI=1S/C16H17ClN2O2/c17-9-16(4-1-2-5-16)19-15-12-8-14-13(20-10-21-14)7-11(12)3-6-18-15/h3,6-8H,1-2,4-5,9-10H2,(H,18,19). The number of pyridine rings is 1. The van der Waals surface area contributed by atoms with Crippen molar-refractivity contribution in [2.24, 2.45) is 0 Å². The Morgan fingerprint density at radius 1 is 1.19 bits per heavy atom. The third-order valence-electron chi connectivity index (χ3n) is 4.46. The van der Waals surface area contributed by atoms with E-state index < -0.39 is 0 Å². The second-order valence-corrected chi connectivity index (χ2v) is 6.10. The Morgan fingerprint density at radius 3 is 2.71 bits per heavy atom. The van der Waals surface area contributed by atoms with Crippen molar-refractivity contribution in [3.63, 3.8) is 0 Å². The van der Waals surface area contributed by atoms with E-state index in [0.29, 0.717) is 5.88 Å². The molecule has 1 aromatic carbocycles. The van der Waals surface area contributed by atoms with E-state index in [1.54, 1.807) is 0 Å². The lowest BCUT2D eigenvalue weighted by Gasteiger charge is -2.29. The predicted molar refractivity (Wildman–Crippen MR) is 83.4 cm³/mol. The fourth-order valence-electron chi connectivity index (χ4n) is 3.26. The van der Waals surface area contributed by atoms with Gasteiger partial charge in [0.2, 0.25) is 6.79 Å². The number of ether oxygens (including phenoxy) is 2. The summed E-state index contributed by atoms with van der Waals surface area (Å²) >= 11 is 6.22. The molecule has 0 bridgehead atoms. The third-order valence-corrected chi connectivity index (χ3v) is 4.97. The molecular weight excluding hydrogens is 288 g/mol. The van der Waals surface area contributed by atoms with Crippen LogP contribution in [0.5, 0.6) is 11.5 Å². The summed E-state index contributed by atoms with van der Waals surface area (Å²) in [4.78, 5) is 4.52. The first kappa shape index (κ1) is 13.0. The minimum absolute atomic E-state index is 0.0286. The number of fused-ring (bicyclic) bond motifs is 2. The average molecular weight is 305 g/mol. The van der Waals surface area contributed by atoms with Crippen molar-refractivity contribution in [2.45, 2.75) is 31.2 Å². The normalized spacial score (nSPS) is 19.1. The van der Waals surface area contributed by atoms with Gasteiger partial charge in [-0.1, -0.05) is 12.8 Å². The quantitative estimate of drug-likeness (QED) is 0.873. The minimum atomic E-state index is -0.0286. The van der Waals surface area contributed by atoms with Crippen molar-refractivity contribution in [1.82, 2.24) is 4.98 Å². The molecule has 1 aliphatic carbocycles. The molecule has 0 atom stereocenters. The second kappa shape index (κ2) is 4.95. The lowest BCUT2D eigenvalue weighted by atomic mass is 10.00. The molecule has 21 heavy (non-hydrogen) atoms. The van der Waals surface area contributed by atoms with Crippen LogP contribution < -0.4 is 14.8 Å². The van der Waals surface area contributed by atoms with Gasteiger partial charge in [0.25, 0.3) is 0 Å². The molecule has 4 rings (SSSR count). The van der Waals surface area contributed by atoms with E-state index in [1.807, 2.05) is 24.4 Å². The first-order valence-corrected chi connectivity index (χ1v) is 7.86. The van der Waals surface area contributed by atoms with Crippen LogP contribution >= 0.6 is 11.6 Å². The molecule has 1 saturated carbocycles. The van der Waals surface area contributed by atoms with E-state index in [9.17, 15) is 0 Å². The van der Waals surface area contributed by atoms with Crippen LogP contribution in [0.3, 0.4) is 0 Å². The van der Waals surface area contributed by atoms with Crippen LogP contribution in [0, 0.1) is 0 Å². The van der Waals surface area contributed by atoms with Gasteiger partial charge < -0.3 is 14.8 Å². The molecule has 2 aliphatic rings.